The number of nitrogens with zero attached hydrogens (tertiary/aromatic N) is 1. The van der Waals surface area contributed by atoms with Gasteiger partial charge in [0, 0.05) is 13.0 Å². The minimum atomic E-state index is -0.896. The maximum atomic E-state index is 11.6. The van der Waals surface area contributed by atoms with Crippen molar-refractivity contribution in [3.8, 4) is 0 Å². The van der Waals surface area contributed by atoms with Gasteiger partial charge in [0.05, 0.1) is 17.8 Å². The zero-order chi connectivity index (χ0) is 34.2. The fraction of sp³-hybridized carbons (Fsp3) is 0.535. The van der Waals surface area contributed by atoms with E-state index in [4.69, 9.17) is 4.74 Å². The van der Waals surface area contributed by atoms with Crippen molar-refractivity contribution in [1.29, 1.82) is 0 Å². The summed E-state index contributed by atoms with van der Waals surface area (Å²) in [6.07, 6.45) is 15.4. The number of aromatic carboxylic acids is 1. The lowest BCUT2D eigenvalue weighted by atomic mass is 9.71. The number of ether oxygens (including phenoxy) is 1. The van der Waals surface area contributed by atoms with Crippen LogP contribution in [0, 0.1) is 5.41 Å². The molecule has 1 aliphatic carbocycles. The molecule has 3 aromatic rings. The molecule has 1 fully saturated rings. The molecule has 0 spiro atoms. The molecule has 260 valence electrons. The lowest BCUT2D eigenvalue weighted by Crippen LogP contribution is -2.38. The first-order valence-corrected chi connectivity index (χ1v) is 18.4. The molecule has 4 rings (SSSR count). The molecule has 0 amide bonds. The summed E-state index contributed by atoms with van der Waals surface area (Å²) in [7, 11) is 0. The van der Waals surface area contributed by atoms with Crippen molar-refractivity contribution in [2.24, 2.45) is 5.41 Å². The van der Waals surface area contributed by atoms with E-state index in [2.05, 4.69) is 73.3 Å². The van der Waals surface area contributed by atoms with Crippen molar-refractivity contribution >= 4 is 11.8 Å². The average Bonchev–Trinajstić information content (AvgIpc) is 3.08. The molecule has 0 aliphatic heterocycles. The SMILES string of the molecule is CC(=O)CCCCN(CCC1(C)CCCCCCCC(C)(OCc2ccc(CCc3ccccc3)cc2)C1)Cc1ccc(C(=O)O)cc1. The van der Waals surface area contributed by atoms with E-state index in [1.54, 1.807) is 19.1 Å². The second-order valence-electron chi connectivity index (χ2n) is 15.0. The standard InChI is InChI=1S/C43H59NO4/c1-35(45)14-10-13-30-44(32-38-23-25-40(26-24-38)41(46)47)31-29-42(2)27-11-5-4-6-12-28-43(3,34-42)48-33-39-21-19-37(20-22-39)18-17-36-15-8-7-9-16-36/h7-9,15-16,19-26H,4-6,10-14,17-18,27-34H2,1-3H3,(H,46,47). The van der Waals surface area contributed by atoms with E-state index in [0.717, 1.165) is 70.1 Å². The molecule has 1 N–H and O–H groups in total. The lowest BCUT2D eigenvalue weighted by Gasteiger charge is -2.42. The third-order valence-corrected chi connectivity index (χ3v) is 10.3. The van der Waals surface area contributed by atoms with Crippen molar-refractivity contribution in [3.63, 3.8) is 0 Å². The molecule has 0 heterocycles. The van der Waals surface area contributed by atoms with Crippen LogP contribution in [0.2, 0.25) is 0 Å². The summed E-state index contributed by atoms with van der Waals surface area (Å²) in [6.45, 7) is 9.82. The number of rotatable bonds is 17. The molecule has 0 bridgehead atoms. The number of carbonyl (C=O) groups is 2. The summed E-state index contributed by atoms with van der Waals surface area (Å²) in [4.78, 5) is 25.5. The molecule has 0 aromatic heterocycles. The number of benzene rings is 3. The van der Waals surface area contributed by atoms with Gasteiger partial charge in [-0.3, -0.25) is 4.90 Å². The Labute approximate surface area is 290 Å². The number of carboxylic acids is 1. The van der Waals surface area contributed by atoms with Crippen LogP contribution in [0.1, 0.15) is 130 Å². The van der Waals surface area contributed by atoms with Gasteiger partial charge >= 0.3 is 5.97 Å². The molecule has 2 unspecified atom stereocenters. The molecular weight excluding hydrogens is 594 g/mol. The summed E-state index contributed by atoms with van der Waals surface area (Å²) in [5.74, 6) is -0.647. The first kappa shape index (κ1) is 37.5. The van der Waals surface area contributed by atoms with Gasteiger partial charge in [0.15, 0.2) is 0 Å². The van der Waals surface area contributed by atoms with Gasteiger partial charge in [-0.25, -0.2) is 4.79 Å². The Morgan fingerprint density at radius 3 is 2.00 bits per heavy atom. The van der Waals surface area contributed by atoms with Crippen LogP contribution >= 0.6 is 0 Å². The molecular formula is C43H59NO4. The van der Waals surface area contributed by atoms with Crippen molar-refractivity contribution in [2.45, 2.75) is 129 Å². The van der Waals surface area contributed by atoms with Gasteiger partial charge in [-0.05, 0) is 118 Å². The van der Waals surface area contributed by atoms with Crippen LogP contribution in [-0.2, 0) is 35.5 Å². The summed E-state index contributed by atoms with van der Waals surface area (Å²) in [5, 5.41) is 9.35. The molecule has 1 saturated carbocycles. The van der Waals surface area contributed by atoms with E-state index in [-0.39, 0.29) is 16.8 Å². The smallest absolute Gasteiger partial charge is 0.335 e. The third-order valence-electron chi connectivity index (χ3n) is 10.3. The number of unbranched alkanes of at least 4 members (excludes halogenated alkanes) is 1. The predicted octanol–water partition coefficient (Wildman–Crippen LogP) is 10.2. The van der Waals surface area contributed by atoms with Crippen molar-refractivity contribution in [3.05, 3.63) is 107 Å². The first-order chi connectivity index (χ1) is 23.1. The summed E-state index contributed by atoms with van der Waals surface area (Å²) in [6, 6.07) is 27.0. The number of carboxylic acid groups (broad SMARTS) is 1. The van der Waals surface area contributed by atoms with Gasteiger partial charge in [-0.15, -0.1) is 0 Å². The fourth-order valence-electron chi connectivity index (χ4n) is 7.41. The first-order valence-electron chi connectivity index (χ1n) is 18.4. The zero-order valence-electron chi connectivity index (χ0n) is 29.9. The molecule has 48 heavy (non-hydrogen) atoms. The Hall–Kier alpha value is -3.28. The van der Waals surface area contributed by atoms with Crippen molar-refractivity contribution in [1.82, 2.24) is 4.90 Å². The van der Waals surface area contributed by atoms with Gasteiger partial charge in [0.2, 0.25) is 0 Å². The molecule has 3 aromatic carbocycles. The second kappa shape index (κ2) is 19.0. The highest BCUT2D eigenvalue weighted by atomic mass is 16.5. The average molecular weight is 654 g/mol. The van der Waals surface area contributed by atoms with Crippen molar-refractivity contribution < 1.29 is 19.4 Å². The largest absolute Gasteiger partial charge is 0.478 e. The molecule has 1 aliphatic rings. The van der Waals surface area contributed by atoms with Crippen LogP contribution in [0.25, 0.3) is 0 Å². The Morgan fingerprint density at radius 2 is 1.33 bits per heavy atom. The van der Waals surface area contributed by atoms with E-state index < -0.39 is 5.97 Å². The highest BCUT2D eigenvalue weighted by Gasteiger charge is 2.36. The molecule has 0 saturated heterocycles. The monoisotopic (exact) mass is 653 g/mol. The van der Waals surface area contributed by atoms with Gasteiger partial charge in [-0.2, -0.15) is 0 Å². The van der Waals surface area contributed by atoms with E-state index in [1.165, 1.54) is 55.2 Å². The Bertz CT molecular complexity index is 1390. The van der Waals surface area contributed by atoms with Crippen LogP contribution in [0.3, 0.4) is 0 Å². The summed E-state index contributed by atoms with van der Waals surface area (Å²) in [5.41, 5.74) is 5.39. The van der Waals surface area contributed by atoms with E-state index in [9.17, 15) is 14.7 Å². The van der Waals surface area contributed by atoms with Crippen molar-refractivity contribution in [2.75, 3.05) is 13.1 Å². The number of aryl methyl sites for hydroxylation is 2. The second-order valence-corrected chi connectivity index (χ2v) is 15.0. The third kappa shape index (κ3) is 13.3. The Kier molecular flexibility index (Phi) is 14.9. The van der Waals surface area contributed by atoms with Crippen LogP contribution in [0.15, 0.2) is 78.9 Å². The topological polar surface area (TPSA) is 66.8 Å². The number of Topliss-reactive ketones (excluding diaryl/α,β-unsaturated/α-hetero) is 1. The molecule has 2 atom stereocenters. The predicted molar refractivity (Wildman–Crippen MR) is 196 cm³/mol. The summed E-state index contributed by atoms with van der Waals surface area (Å²) >= 11 is 0. The fourth-order valence-corrected chi connectivity index (χ4v) is 7.41. The molecule has 0 radical (unpaired) electrons. The van der Waals surface area contributed by atoms with E-state index >= 15 is 0 Å². The van der Waals surface area contributed by atoms with Crippen LogP contribution in [0.4, 0.5) is 0 Å². The lowest BCUT2D eigenvalue weighted by molar-refractivity contribution is -0.117. The highest BCUT2D eigenvalue weighted by Crippen LogP contribution is 2.42. The number of ketones is 1. The minimum absolute atomic E-state index is 0.151. The molecule has 5 nitrogen and oxygen atoms in total. The van der Waals surface area contributed by atoms with Gasteiger partial charge in [0.1, 0.15) is 5.78 Å². The van der Waals surface area contributed by atoms with Crippen LogP contribution in [0.5, 0.6) is 0 Å². The van der Waals surface area contributed by atoms with Gasteiger partial charge in [-0.1, -0.05) is 106 Å². The van der Waals surface area contributed by atoms with Gasteiger partial charge < -0.3 is 14.6 Å². The number of hydrogen-bond acceptors (Lipinski definition) is 4. The van der Waals surface area contributed by atoms with E-state index in [1.807, 2.05) is 12.1 Å². The Morgan fingerprint density at radius 1 is 0.729 bits per heavy atom. The summed E-state index contributed by atoms with van der Waals surface area (Å²) < 4.78 is 6.89. The maximum Gasteiger partial charge on any atom is 0.335 e. The number of carbonyl (C=O) groups excluding carboxylic acids is 1. The minimum Gasteiger partial charge on any atom is -0.478 e. The Balaban J connectivity index is 1.39. The van der Waals surface area contributed by atoms with Crippen LogP contribution in [-0.4, -0.2) is 40.4 Å². The van der Waals surface area contributed by atoms with E-state index in [0.29, 0.717) is 18.6 Å². The quantitative estimate of drug-likeness (QED) is 0.147. The highest BCUT2D eigenvalue weighted by molar-refractivity contribution is 5.87. The van der Waals surface area contributed by atoms with Crippen LogP contribution < -0.4 is 0 Å². The zero-order valence-corrected chi connectivity index (χ0v) is 29.9. The normalized spacial score (nSPS) is 20.4. The molecule has 5 heteroatoms. The van der Waals surface area contributed by atoms with Gasteiger partial charge in [0.25, 0.3) is 0 Å². The number of hydrogen-bond donors (Lipinski definition) is 1. The maximum absolute atomic E-state index is 11.6.